The summed E-state index contributed by atoms with van der Waals surface area (Å²) in [7, 11) is -3.69. The quantitative estimate of drug-likeness (QED) is 0.560. The Kier molecular flexibility index (Phi) is 4.15. The van der Waals surface area contributed by atoms with Crippen LogP contribution in [-0.2, 0) is 10.0 Å². The maximum absolute atomic E-state index is 13.4. The van der Waals surface area contributed by atoms with Gasteiger partial charge in [-0.25, -0.2) is 17.4 Å². The lowest BCUT2D eigenvalue weighted by molar-refractivity contribution is 0.589. The summed E-state index contributed by atoms with van der Waals surface area (Å²) < 4.78 is 29.0. The number of rotatable bonds is 3. The van der Waals surface area contributed by atoms with Gasteiger partial charge in [0.2, 0.25) is 0 Å². The van der Waals surface area contributed by atoms with E-state index in [9.17, 15) is 8.42 Å². The fourth-order valence-corrected chi connectivity index (χ4v) is 6.13. The van der Waals surface area contributed by atoms with Gasteiger partial charge < -0.3 is 10.2 Å². The standard InChI is InChI=1S/C20H20N4O2S2/c1-14-22-17-6-5-15(13-20(17)27-14)28(25,26)24-10-7-16-18(3-2-4-19(16)24)23-11-8-21-9-12-23/h2-7,10,13,21H,8-9,11-12H2,1H3. The van der Waals surface area contributed by atoms with Crippen molar-refractivity contribution in [2.75, 3.05) is 31.1 Å². The lowest BCUT2D eigenvalue weighted by Crippen LogP contribution is -2.43. The third kappa shape index (κ3) is 2.80. The lowest BCUT2D eigenvalue weighted by Gasteiger charge is -2.30. The summed E-state index contributed by atoms with van der Waals surface area (Å²) in [6, 6.07) is 12.9. The van der Waals surface area contributed by atoms with Gasteiger partial charge in [0.15, 0.2) is 0 Å². The van der Waals surface area contributed by atoms with Crippen molar-refractivity contribution in [3.05, 3.63) is 53.7 Å². The Balaban J connectivity index is 1.63. The Labute approximate surface area is 167 Å². The molecule has 8 heteroatoms. The van der Waals surface area contributed by atoms with E-state index in [-0.39, 0.29) is 4.90 Å². The molecule has 1 N–H and O–H groups in total. The summed E-state index contributed by atoms with van der Waals surface area (Å²) in [4.78, 5) is 7.01. The molecule has 0 spiro atoms. The molecule has 4 aromatic rings. The molecule has 144 valence electrons. The topological polar surface area (TPSA) is 67.2 Å². The maximum Gasteiger partial charge on any atom is 0.268 e. The van der Waals surface area contributed by atoms with E-state index in [0.29, 0.717) is 5.52 Å². The average Bonchev–Trinajstić information content (AvgIpc) is 3.30. The van der Waals surface area contributed by atoms with Gasteiger partial charge in [0.05, 0.1) is 25.6 Å². The molecule has 2 aromatic heterocycles. The Hall–Kier alpha value is -2.42. The number of fused-ring (bicyclic) bond motifs is 2. The van der Waals surface area contributed by atoms with E-state index in [2.05, 4.69) is 21.3 Å². The summed E-state index contributed by atoms with van der Waals surface area (Å²) >= 11 is 1.51. The zero-order chi connectivity index (χ0) is 19.3. The van der Waals surface area contributed by atoms with Crippen LogP contribution in [0.2, 0.25) is 0 Å². The number of hydrogen-bond acceptors (Lipinski definition) is 6. The molecule has 0 amide bonds. The lowest BCUT2D eigenvalue weighted by atomic mass is 10.2. The van der Waals surface area contributed by atoms with Crippen molar-refractivity contribution in [2.45, 2.75) is 11.8 Å². The van der Waals surface area contributed by atoms with Gasteiger partial charge in [-0.05, 0) is 43.3 Å². The first-order chi connectivity index (χ1) is 13.5. The molecule has 0 aliphatic carbocycles. The molecule has 1 fully saturated rings. The molecule has 0 unspecified atom stereocenters. The molecule has 1 saturated heterocycles. The number of aromatic nitrogens is 2. The van der Waals surface area contributed by atoms with E-state index in [1.165, 1.54) is 15.3 Å². The molecule has 5 rings (SSSR count). The van der Waals surface area contributed by atoms with E-state index in [1.54, 1.807) is 24.4 Å². The van der Waals surface area contributed by atoms with Gasteiger partial charge in [0.25, 0.3) is 10.0 Å². The minimum absolute atomic E-state index is 0.286. The number of piperazine rings is 1. The Morgan fingerprint density at radius 3 is 2.75 bits per heavy atom. The number of hydrogen-bond donors (Lipinski definition) is 1. The van der Waals surface area contributed by atoms with E-state index in [4.69, 9.17) is 0 Å². The number of nitrogens with zero attached hydrogens (tertiary/aromatic N) is 3. The highest BCUT2D eigenvalue weighted by Crippen LogP contribution is 2.31. The van der Waals surface area contributed by atoms with E-state index in [1.807, 2.05) is 25.1 Å². The molecule has 0 radical (unpaired) electrons. The van der Waals surface area contributed by atoms with Gasteiger partial charge in [0.1, 0.15) is 0 Å². The summed E-state index contributed by atoms with van der Waals surface area (Å²) in [5.41, 5.74) is 2.62. The smallest absolute Gasteiger partial charge is 0.268 e. The van der Waals surface area contributed by atoms with Crippen LogP contribution in [0, 0.1) is 6.92 Å². The van der Waals surface area contributed by atoms with Crippen LogP contribution in [0.25, 0.3) is 21.1 Å². The van der Waals surface area contributed by atoms with Crippen LogP contribution in [0.15, 0.2) is 53.6 Å². The van der Waals surface area contributed by atoms with E-state index < -0.39 is 10.0 Å². The average molecular weight is 413 g/mol. The van der Waals surface area contributed by atoms with Crippen molar-refractivity contribution in [3.63, 3.8) is 0 Å². The van der Waals surface area contributed by atoms with Gasteiger partial charge in [-0.1, -0.05) is 6.07 Å². The van der Waals surface area contributed by atoms with E-state index >= 15 is 0 Å². The molecule has 3 heterocycles. The highest BCUT2D eigenvalue weighted by Gasteiger charge is 2.22. The summed E-state index contributed by atoms with van der Waals surface area (Å²) in [6.07, 6.45) is 1.66. The molecule has 28 heavy (non-hydrogen) atoms. The highest BCUT2D eigenvalue weighted by molar-refractivity contribution is 7.90. The van der Waals surface area contributed by atoms with Crippen LogP contribution in [0.1, 0.15) is 5.01 Å². The summed E-state index contributed by atoms with van der Waals surface area (Å²) in [5.74, 6) is 0. The first-order valence-electron chi connectivity index (χ1n) is 9.22. The number of aryl methyl sites for hydroxylation is 1. The Bertz CT molecular complexity index is 1280. The normalized spacial score (nSPS) is 15.5. The first kappa shape index (κ1) is 17.7. The minimum atomic E-state index is -3.69. The van der Waals surface area contributed by atoms with Crippen LogP contribution < -0.4 is 10.2 Å². The minimum Gasteiger partial charge on any atom is -0.368 e. The second-order valence-electron chi connectivity index (χ2n) is 6.93. The molecule has 6 nitrogen and oxygen atoms in total. The first-order valence-corrected chi connectivity index (χ1v) is 11.5. The predicted molar refractivity (Wildman–Crippen MR) is 114 cm³/mol. The highest BCUT2D eigenvalue weighted by atomic mass is 32.2. The third-order valence-electron chi connectivity index (χ3n) is 5.16. The SMILES string of the molecule is Cc1nc2ccc(S(=O)(=O)n3ccc4c(N5CCNCC5)cccc43)cc2s1. The maximum atomic E-state index is 13.4. The van der Waals surface area contributed by atoms with Gasteiger partial charge in [-0.2, -0.15) is 0 Å². The number of anilines is 1. The van der Waals surface area contributed by atoms with Gasteiger partial charge in [-0.15, -0.1) is 11.3 Å². The van der Waals surface area contributed by atoms with E-state index in [0.717, 1.165) is 52.5 Å². The third-order valence-corrected chi connectivity index (χ3v) is 7.78. The van der Waals surface area contributed by atoms with Crippen LogP contribution in [0.4, 0.5) is 5.69 Å². The number of thiazole rings is 1. The molecule has 0 atom stereocenters. The second-order valence-corrected chi connectivity index (χ2v) is 9.98. The monoisotopic (exact) mass is 412 g/mol. The summed E-state index contributed by atoms with van der Waals surface area (Å²) in [5, 5.41) is 5.24. The predicted octanol–water partition coefficient (Wildman–Crippen LogP) is 3.21. The largest absolute Gasteiger partial charge is 0.368 e. The van der Waals surface area contributed by atoms with Crippen LogP contribution in [0.5, 0.6) is 0 Å². The zero-order valence-electron chi connectivity index (χ0n) is 15.4. The van der Waals surface area contributed by atoms with Gasteiger partial charge >= 0.3 is 0 Å². The van der Waals surface area contributed by atoms with Crippen molar-refractivity contribution >= 4 is 48.2 Å². The van der Waals surface area contributed by atoms with Crippen LogP contribution >= 0.6 is 11.3 Å². The molecule has 1 aliphatic rings. The van der Waals surface area contributed by atoms with Crippen molar-refractivity contribution < 1.29 is 8.42 Å². The second kappa shape index (κ2) is 6.58. The number of benzene rings is 2. The molecule has 0 bridgehead atoms. The Morgan fingerprint density at radius 2 is 1.93 bits per heavy atom. The molecule has 2 aromatic carbocycles. The fourth-order valence-electron chi connectivity index (χ4n) is 3.81. The fraction of sp³-hybridized carbons (Fsp3) is 0.250. The molecule has 1 aliphatic heterocycles. The number of nitrogens with one attached hydrogen (secondary N) is 1. The summed E-state index contributed by atoms with van der Waals surface area (Å²) in [6.45, 7) is 5.63. The zero-order valence-corrected chi connectivity index (χ0v) is 17.1. The molecular formula is C20H20N4O2S2. The van der Waals surface area contributed by atoms with Crippen molar-refractivity contribution in [1.29, 1.82) is 0 Å². The van der Waals surface area contributed by atoms with Gasteiger partial charge in [-0.3, -0.25) is 0 Å². The van der Waals surface area contributed by atoms with Crippen molar-refractivity contribution in [1.82, 2.24) is 14.3 Å². The molecular weight excluding hydrogens is 392 g/mol. The molecule has 0 saturated carbocycles. The van der Waals surface area contributed by atoms with Crippen LogP contribution in [0.3, 0.4) is 0 Å². The van der Waals surface area contributed by atoms with Crippen LogP contribution in [-0.4, -0.2) is 43.6 Å². The van der Waals surface area contributed by atoms with Crippen molar-refractivity contribution in [2.24, 2.45) is 0 Å². The van der Waals surface area contributed by atoms with Crippen molar-refractivity contribution in [3.8, 4) is 0 Å². The Morgan fingerprint density at radius 1 is 1.11 bits per heavy atom. The van der Waals surface area contributed by atoms with Gasteiger partial charge in [0, 0.05) is 43.4 Å².